The Bertz CT molecular complexity index is 948. The largest absolute Gasteiger partial charge is 0.475 e. The molecule has 2 heterocycles. The van der Waals surface area contributed by atoms with Crippen molar-refractivity contribution in [1.29, 1.82) is 0 Å². The number of aromatic nitrogens is 2. The van der Waals surface area contributed by atoms with E-state index in [0.717, 1.165) is 29.3 Å². The number of hydrogen-bond donors (Lipinski definition) is 1. The van der Waals surface area contributed by atoms with E-state index in [1.165, 1.54) is 21.1 Å². The molecular formula is C15H16N4O8S. The minimum atomic E-state index is -0.740. The Hall–Kier alpha value is -3.48. The lowest BCUT2D eigenvalue weighted by molar-refractivity contribution is -0.385. The normalized spacial score (nSPS) is 10.3. The number of carbonyl (C=O) groups excluding carboxylic acids is 3. The van der Waals surface area contributed by atoms with Gasteiger partial charge in [0, 0.05) is 0 Å². The van der Waals surface area contributed by atoms with Crippen LogP contribution >= 0.6 is 11.3 Å². The first-order chi connectivity index (χ1) is 13.2. The van der Waals surface area contributed by atoms with Crippen molar-refractivity contribution in [3.63, 3.8) is 0 Å². The molecule has 2 aromatic heterocycles. The first kappa shape index (κ1) is 20.8. The third kappa shape index (κ3) is 4.09. The van der Waals surface area contributed by atoms with Crippen LogP contribution in [0.15, 0.2) is 6.20 Å². The van der Waals surface area contributed by atoms with Gasteiger partial charge in [-0.2, -0.15) is 0 Å². The maximum atomic E-state index is 12.3. The highest BCUT2D eigenvalue weighted by molar-refractivity contribution is 7.18. The van der Waals surface area contributed by atoms with Gasteiger partial charge in [0.1, 0.15) is 22.6 Å². The topological polar surface area (TPSA) is 152 Å². The van der Waals surface area contributed by atoms with E-state index in [9.17, 15) is 24.5 Å². The predicted molar refractivity (Wildman–Crippen MR) is 95.8 cm³/mol. The van der Waals surface area contributed by atoms with Crippen LogP contribution in [0.1, 0.15) is 25.6 Å². The van der Waals surface area contributed by atoms with Crippen molar-refractivity contribution in [3.05, 3.63) is 32.3 Å². The zero-order chi connectivity index (χ0) is 21.0. The van der Waals surface area contributed by atoms with Gasteiger partial charge in [-0.1, -0.05) is 0 Å². The number of nitro groups is 1. The second-order valence-electron chi connectivity index (χ2n) is 5.27. The Morgan fingerprint density at radius 1 is 1.25 bits per heavy atom. The summed E-state index contributed by atoms with van der Waals surface area (Å²) in [5.41, 5.74) is -0.0776. The molecule has 1 amide bonds. The third-order valence-electron chi connectivity index (χ3n) is 3.57. The summed E-state index contributed by atoms with van der Waals surface area (Å²) in [5.74, 6) is -2.29. The summed E-state index contributed by atoms with van der Waals surface area (Å²) in [6.45, 7) is 1.13. The molecule has 1 N–H and O–H groups in total. The molecule has 0 saturated heterocycles. The lowest BCUT2D eigenvalue weighted by Crippen LogP contribution is -2.20. The molecule has 0 aromatic carbocycles. The molecule has 28 heavy (non-hydrogen) atoms. The number of ether oxygens (including phenoxy) is 3. The van der Waals surface area contributed by atoms with E-state index in [1.807, 2.05) is 0 Å². The molecule has 12 nitrogen and oxygen atoms in total. The molecule has 0 aliphatic heterocycles. The number of hydrogen-bond acceptors (Lipinski definition) is 10. The number of anilines is 1. The maximum Gasteiger partial charge on any atom is 0.350 e. The number of rotatable bonds is 7. The summed E-state index contributed by atoms with van der Waals surface area (Å²) in [5, 5.41) is 17.3. The van der Waals surface area contributed by atoms with Crippen LogP contribution in [0, 0.1) is 17.0 Å². The SMILES string of the molecule is COC(=O)c1sc(NC(=O)Cn2cc([N+](=O)[O-])c(OC)n2)c(C(=O)OC)c1C. The van der Waals surface area contributed by atoms with Crippen LogP contribution in [-0.2, 0) is 20.8 Å². The monoisotopic (exact) mass is 412 g/mol. The van der Waals surface area contributed by atoms with E-state index in [2.05, 4.69) is 15.2 Å². The van der Waals surface area contributed by atoms with Crippen LogP contribution in [0.25, 0.3) is 0 Å². The summed E-state index contributed by atoms with van der Waals surface area (Å²) in [4.78, 5) is 46.6. The van der Waals surface area contributed by atoms with E-state index in [-0.39, 0.29) is 21.3 Å². The van der Waals surface area contributed by atoms with Crippen molar-refractivity contribution in [2.75, 3.05) is 26.6 Å². The van der Waals surface area contributed by atoms with Gasteiger partial charge in [-0.25, -0.2) is 9.59 Å². The summed E-state index contributed by atoms with van der Waals surface area (Å²) in [6, 6.07) is 0. The van der Waals surface area contributed by atoms with Gasteiger partial charge in [-0.15, -0.1) is 16.4 Å². The van der Waals surface area contributed by atoms with Crippen LogP contribution in [0.5, 0.6) is 5.88 Å². The number of carbonyl (C=O) groups is 3. The van der Waals surface area contributed by atoms with Gasteiger partial charge in [0.2, 0.25) is 5.91 Å². The smallest absolute Gasteiger partial charge is 0.350 e. The summed E-state index contributed by atoms with van der Waals surface area (Å²) in [7, 11) is 3.57. The van der Waals surface area contributed by atoms with E-state index < -0.39 is 35.0 Å². The molecule has 0 aliphatic rings. The second-order valence-corrected chi connectivity index (χ2v) is 6.29. The van der Waals surface area contributed by atoms with Gasteiger partial charge in [0.05, 0.1) is 31.8 Å². The number of thiophene rings is 1. The first-order valence-corrected chi connectivity index (χ1v) is 8.40. The fourth-order valence-corrected chi connectivity index (χ4v) is 3.42. The van der Waals surface area contributed by atoms with Crippen LogP contribution in [0.4, 0.5) is 10.7 Å². The standard InChI is InChI=1S/C15H16N4O8S/c1-7-10(14(21)26-3)13(28-11(7)15(22)27-4)16-9(20)6-18-5-8(19(23)24)12(17-18)25-2/h5H,6H2,1-4H3,(H,16,20). The van der Waals surface area contributed by atoms with Crippen molar-refractivity contribution in [1.82, 2.24) is 9.78 Å². The molecule has 0 bridgehead atoms. The molecule has 0 aliphatic carbocycles. The number of esters is 2. The maximum absolute atomic E-state index is 12.3. The van der Waals surface area contributed by atoms with Crippen LogP contribution in [0.2, 0.25) is 0 Å². The van der Waals surface area contributed by atoms with Gasteiger partial charge in [-0.05, 0) is 12.5 Å². The molecule has 2 aromatic rings. The molecule has 0 spiro atoms. The minimum absolute atomic E-state index is 0.0188. The third-order valence-corrected chi connectivity index (χ3v) is 4.75. The van der Waals surface area contributed by atoms with E-state index in [4.69, 9.17) is 9.47 Å². The Morgan fingerprint density at radius 2 is 1.89 bits per heavy atom. The Balaban J connectivity index is 2.29. The van der Waals surface area contributed by atoms with E-state index in [0.29, 0.717) is 5.56 Å². The fourth-order valence-electron chi connectivity index (χ4n) is 2.29. The Kier molecular flexibility index (Phi) is 6.30. The quantitative estimate of drug-likeness (QED) is 0.404. The average Bonchev–Trinajstić information content (AvgIpc) is 3.21. The zero-order valence-corrected chi connectivity index (χ0v) is 16.1. The fraction of sp³-hybridized carbons (Fsp3) is 0.333. The summed E-state index contributed by atoms with van der Waals surface area (Å²) >= 11 is 0.849. The Labute approximate surface area is 162 Å². The number of nitrogens with zero attached hydrogens (tertiary/aromatic N) is 3. The lowest BCUT2D eigenvalue weighted by Gasteiger charge is -2.06. The highest BCUT2D eigenvalue weighted by Crippen LogP contribution is 2.34. The molecule has 2 rings (SSSR count). The highest BCUT2D eigenvalue weighted by Gasteiger charge is 2.27. The molecule has 0 fully saturated rings. The van der Waals surface area contributed by atoms with Gasteiger partial charge >= 0.3 is 23.5 Å². The van der Waals surface area contributed by atoms with Gasteiger partial charge < -0.3 is 19.5 Å². The molecule has 13 heteroatoms. The summed E-state index contributed by atoms with van der Waals surface area (Å²) in [6.07, 6.45) is 1.04. The number of methoxy groups -OCH3 is 3. The number of nitrogens with one attached hydrogen (secondary N) is 1. The van der Waals surface area contributed by atoms with Crippen molar-refractivity contribution >= 4 is 39.9 Å². The minimum Gasteiger partial charge on any atom is -0.475 e. The zero-order valence-electron chi connectivity index (χ0n) is 15.3. The molecule has 0 saturated carbocycles. The predicted octanol–water partition coefficient (Wildman–Crippen LogP) is 1.38. The van der Waals surface area contributed by atoms with Gasteiger partial charge in [0.15, 0.2) is 0 Å². The second kappa shape index (κ2) is 8.47. The van der Waals surface area contributed by atoms with Crippen molar-refractivity contribution in [3.8, 4) is 5.88 Å². The lowest BCUT2D eigenvalue weighted by atomic mass is 10.1. The molecule has 0 atom stereocenters. The van der Waals surface area contributed by atoms with Crippen molar-refractivity contribution < 1.29 is 33.5 Å². The highest BCUT2D eigenvalue weighted by atomic mass is 32.1. The van der Waals surface area contributed by atoms with E-state index >= 15 is 0 Å². The van der Waals surface area contributed by atoms with Gasteiger partial charge in [-0.3, -0.25) is 19.6 Å². The van der Waals surface area contributed by atoms with Gasteiger partial charge in [0.25, 0.3) is 0 Å². The van der Waals surface area contributed by atoms with Crippen LogP contribution in [0.3, 0.4) is 0 Å². The van der Waals surface area contributed by atoms with Crippen molar-refractivity contribution in [2.24, 2.45) is 0 Å². The average molecular weight is 412 g/mol. The molecule has 0 radical (unpaired) electrons. The number of amides is 1. The first-order valence-electron chi connectivity index (χ1n) is 7.59. The molecule has 0 unspecified atom stereocenters. The molecule has 150 valence electrons. The van der Waals surface area contributed by atoms with Crippen molar-refractivity contribution in [2.45, 2.75) is 13.5 Å². The molecular weight excluding hydrogens is 396 g/mol. The summed E-state index contributed by atoms with van der Waals surface area (Å²) < 4.78 is 15.2. The van der Waals surface area contributed by atoms with E-state index in [1.54, 1.807) is 0 Å². The Morgan fingerprint density at radius 3 is 2.39 bits per heavy atom. The van der Waals surface area contributed by atoms with Crippen LogP contribution in [-0.4, -0.2) is 53.9 Å². The van der Waals surface area contributed by atoms with Crippen LogP contribution < -0.4 is 10.1 Å².